The standard InChI is InChI=1S/C19H25N3OS/c1-15-18(19(23)21(2)14-16-8-4-3-5-9-16)24-17(20-15)10-13-22-11-6-7-12-22/h3-5,8-9H,6-7,10-14H2,1-2H3. The first-order valence-corrected chi connectivity index (χ1v) is 9.43. The summed E-state index contributed by atoms with van der Waals surface area (Å²) in [6, 6.07) is 10.1. The first-order valence-electron chi connectivity index (χ1n) is 8.61. The second-order valence-corrected chi connectivity index (χ2v) is 7.55. The number of nitrogens with zero attached hydrogens (tertiary/aromatic N) is 3. The lowest BCUT2D eigenvalue weighted by atomic mass is 10.2. The molecule has 0 bridgehead atoms. The van der Waals surface area contributed by atoms with Gasteiger partial charge in [-0.3, -0.25) is 4.79 Å². The van der Waals surface area contributed by atoms with E-state index in [9.17, 15) is 4.79 Å². The molecule has 0 radical (unpaired) electrons. The van der Waals surface area contributed by atoms with Crippen LogP contribution in [0.2, 0.25) is 0 Å². The molecule has 1 aliphatic rings. The first-order chi connectivity index (χ1) is 11.6. The van der Waals surface area contributed by atoms with Crippen LogP contribution in [0.15, 0.2) is 30.3 Å². The predicted octanol–water partition coefficient (Wildman–Crippen LogP) is 3.36. The third-order valence-corrected chi connectivity index (χ3v) is 5.69. The van der Waals surface area contributed by atoms with Crippen molar-refractivity contribution in [3.8, 4) is 0 Å². The molecule has 2 heterocycles. The van der Waals surface area contributed by atoms with Crippen LogP contribution in [0, 0.1) is 6.92 Å². The van der Waals surface area contributed by atoms with E-state index in [1.54, 1.807) is 16.2 Å². The van der Waals surface area contributed by atoms with E-state index in [-0.39, 0.29) is 5.91 Å². The van der Waals surface area contributed by atoms with Crippen molar-refractivity contribution in [1.29, 1.82) is 0 Å². The molecule has 0 aliphatic carbocycles. The minimum Gasteiger partial charge on any atom is -0.337 e. The number of carbonyl (C=O) groups excluding carboxylic acids is 1. The molecule has 1 saturated heterocycles. The molecule has 1 fully saturated rings. The van der Waals surface area contributed by atoms with Gasteiger partial charge in [-0.05, 0) is 38.4 Å². The summed E-state index contributed by atoms with van der Waals surface area (Å²) >= 11 is 1.56. The Labute approximate surface area is 148 Å². The van der Waals surface area contributed by atoms with Crippen LogP contribution in [-0.4, -0.2) is 47.4 Å². The number of hydrogen-bond acceptors (Lipinski definition) is 4. The van der Waals surface area contributed by atoms with Gasteiger partial charge >= 0.3 is 0 Å². The molecular weight excluding hydrogens is 318 g/mol. The van der Waals surface area contributed by atoms with Gasteiger partial charge in [-0.2, -0.15) is 0 Å². The average molecular weight is 343 g/mol. The number of aryl methyl sites for hydroxylation is 1. The van der Waals surface area contributed by atoms with Crippen LogP contribution in [-0.2, 0) is 13.0 Å². The fourth-order valence-electron chi connectivity index (χ4n) is 3.12. The molecule has 4 nitrogen and oxygen atoms in total. The van der Waals surface area contributed by atoms with Crippen molar-refractivity contribution in [2.24, 2.45) is 0 Å². The Kier molecular flexibility index (Phi) is 5.63. The molecule has 0 spiro atoms. The second kappa shape index (κ2) is 7.90. The summed E-state index contributed by atoms with van der Waals surface area (Å²) < 4.78 is 0. The van der Waals surface area contributed by atoms with Crippen LogP contribution in [0.4, 0.5) is 0 Å². The fraction of sp³-hybridized carbons (Fsp3) is 0.474. The number of amides is 1. The fourth-order valence-corrected chi connectivity index (χ4v) is 4.17. The van der Waals surface area contributed by atoms with E-state index >= 15 is 0 Å². The number of thiazole rings is 1. The molecule has 128 valence electrons. The molecule has 0 N–H and O–H groups in total. The molecule has 5 heteroatoms. The monoisotopic (exact) mass is 343 g/mol. The summed E-state index contributed by atoms with van der Waals surface area (Å²) in [6.07, 6.45) is 3.57. The van der Waals surface area contributed by atoms with E-state index in [1.165, 1.54) is 25.9 Å². The molecule has 0 atom stereocenters. The normalized spacial score (nSPS) is 14.9. The average Bonchev–Trinajstić information content (AvgIpc) is 3.22. The topological polar surface area (TPSA) is 36.4 Å². The van der Waals surface area contributed by atoms with Gasteiger partial charge in [-0.15, -0.1) is 11.3 Å². The number of aromatic nitrogens is 1. The highest BCUT2D eigenvalue weighted by Gasteiger charge is 2.20. The number of likely N-dealkylation sites (tertiary alicyclic amines) is 1. The summed E-state index contributed by atoms with van der Waals surface area (Å²) in [5.41, 5.74) is 2.01. The minimum absolute atomic E-state index is 0.0706. The highest BCUT2D eigenvalue weighted by atomic mass is 32.1. The summed E-state index contributed by atoms with van der Waals surface area (Å²) in [7, 11) is 1.86. The summed E-state index contributed by atoms with van der Waals surface area (Å²) in [5, 5.41) is 1.08. The summed E-state index contributed by atoms with van der Waals surface area (Å²) in [4.78, 5) is 22.4. The molecule has 1 aliphatic heterocycles. The SMILES string of the molecule is Cc1nc(CCN2CCCC2)sc1C(=O)N(C)Cc1ccccc1. The maximum absolute atomic E-state index is 12.7. The maximum Gasteiger partial charge on any atom is 0.265 e. The Morgan fingerprint density at radius 2 is 1.96 bits per heavy atom. The highest BCUT2D eigenvalue weighted by molar-refractivity contribution is 7.13. The number of benzene rings is 1. The van der Waals surface area contributed by atoms with Gasteiger partial charge in [0.25, 0.3) is 5.91 Å². The van der Waals surface area contributed by atoms with Crippen LogP contribution < -0.4 is 0 Å². The van der Waals surface area contributed by atoms with Crippen molar-refractivity contribution in [2.45, 2.75) is 32.7 Å². The largest absolute Gasteiger partial charge is 0.337 e. The molecule has 0 saturated carbocycles. The minimum atomic E-state index is 0.0706. The zero-order valence-corrected chi connectivity index (χ0v) is 15.3. The lowest BCUT2D eigenvalue weighted by Gasteiger charge is -2.16. The molecule has 2 aromatic rings. The van der Waals surface area contributed by atoms with Crippen molar-refractivity contribution < 1.29 is 4.79 Å². The van der Waals surface area contributed by atoms with E-state index < -0.39 is 0 Å². The van der Waals surface area contributed by atoms with Gasteiger partial charge in [-0.1, -0.05) is 30.3 Å². The van der Waals surface area contributed by atoms with Gasteiger partial charge in [0.1, 0.15) is 4.88 Å². The Hall–Kier alpha value is -1.72. The number of rotatable bonds is 6. The molecule has 0 unspecified atom stereocenters. The van der Waals surface area contributed by atoms with Gasteiger partial charge in [0, 0.05) is 26.6 Å². The molecule has 24 heavy (non-hydrogen) atoms. The zero-order chi connectivity index (χ0) is 16.9. The van der Waals surface area contributed by atoms with Crippen LogP contribution in [0.5, 0.6) is 0 Å². The van der Waals surface area contributed by atoms with Crippen molar-refractivity contribution in [3.63, 3.8) is 0 Å². The van der Waals surface area contributed by atoms with Crippen molar-refractivity contribution >= 4 is 17.2 Å². The van der Waals surface area contributed by atoms with Gasteiger partial charge in [-0.25, -0.2) is 4.98 Å². The van der Waals surface area contributed by atoms with E-state index in [1.807, 2.05) is 44.3 Å². The van der Waals surface area contributed by atoms with Gasteiger partial charge < -0.3 is 9.80 Å². The second-order valence-electron chi connectivity index (χ2n) is 6.47. The van der Waals surface area contributed by atoms with E-state index in [0.717, 1.165) is 34.1 Å². The quantitative estimate of drug-likeness (QED) is 0.807. The Bertz CT molecular complexity index is 677. The Morgan fingerprint density at radius 3 is 2.67 bits per heavy atom. The molecule has 1 aromatic carbocycles. The third kappa shape index (κ3) is 4.22. The van der Waals surface area contributed by atoms with Crippen LogP contribution in [0.3, 0.4) is 0 Å². The lowest BCUT2D eigenvalue weighted by molar-refractivity contribution is 0.0789. The van der Waals surface area contributed by atoms with Crippen LogP contribution >= 0.6 is 11.3 Å². The van der Waals surface area contributed by atoms with E-state index in [4.69, 9.17) is 0 Å². The molecule has 1 amide bonds. The molecular formula is C19H25N3OS. The predicted molar refractivity (Wildman–Crippen MR) is 98.5 cm³/mol. The van der Waals surface area contributed by atoms with Gasteiger partial charge in [0.15, 0.2) is 0 Å². The highest BCUT2D eigenvalue weighted by Crippen LogP contribution is 2.21. The van der Waals surface area contributed by atoms with E-state index in [0.29, 0.717) is 6.54 Å². The van der Waals surface area contributed by atoms with Crippen molar-refractivity contribution in [3.05, 3.63) is 51.5 Å². The van der Waals surface area contributed by atoms with Crippen molar-refractivity contribution in [1.82, 2.24) is 14.8 Å². The zero-order valence-electron chi connectivity index (χ0n) is 14.5. The summed E-state index contributed by atoms with van der Waals surface area (Å²) in [6.45, 7) is 6.03. The maximum atomic E-state index is 12.7. The van der Waals surface area contributed by atoms with Crippen LogP contribution in [0.25, 0.3) is 0 Å². The lowest BCUT2D eigenvalue weighted by Crippen LogP contribution is -2.26. The molecule has 3 rings (SSSR count). The van der Waals surface area contributed by atoms with Gasteiger partial charge in [0.2, 0.25) is 0 Å². The molecule has 1 aromatic heterocycles. The number of hydrogen-bond donors (Lipinski definition) is 0. The Morgan fingerprint density at radius 1 is 1.25 bits per heavy atom. The summed E-state index contributed by atoms with van der Waals surface area (Å²) in [5.74, 6) is 0.0706. The first kappa shape index (κ1) is 17.1. The number of carbonyl (C=O) groups is 1. The van der Waals surface area contributed by atoms with Crippen LogP contribution in [0.1, 0.15) is 38.8 Å². The van der Waals surface area contributed by atoms with E-state index in [2.05, 4.69) is 9.88 Å². The van der Waals surface area contributed by atoms with Gasteiger partial charge in [0.05, 0.1) is 10.7 Å². The third-order valence-electron chi connectivity index (χ3n) is 4.48. The Balaban J connectivity index is 1.61. The van der Waals surface area contributed by atoms with Crippen molar-refractivity contribution in [2.75, 3.05) is 26.7 Å². The smallest absolute Gasteiger partial charge is 0.265 e.